The number of guanidine groups is 4. The lowest BCUT2D eigenvalue weighted by molar-refractivity contribution is -0.136. The molecule has 1 saturated heterocycles. The Morgan fingerprint density at radius 1 is 0.489 bits per heavy atom. The number of nitrogens with one attached hydrogen (secondary N) is 7. The van der Waals surface area contributed by atoms with Crippen molar-refractivity contribution < 1.29 is 57.4 Å². The van der Waals surface area contributed by atoms with Gasteiger partial charge in [0.15, 0.2) is 35.4 Å². The number of benzene rings is 3. The minimum absolute atomic E-state index is 0.0000484. The number of amides is 8. The third kappa shape index (κ3) is 30.0. The largest absolute Gasteiger partial charge is 0.377 e. The minimum atomic E-state index is -1.60. The highest BCUT2D eigenvalue weighted by Gasteiger charge is 2.36. The second-order valence-electron chi connectivity index (χ2n) is 22.7. The van der Waals surface area contributed by atoms with Crippen molar-refractivity contribution in [3.63, 3.8) is 0 Å². The number of fused-ring (bicyclic) bond motifs is 1. The zero-order valence-corrected chi connectivity index (χ0v) is 53.2. The Morgan fingerprint density at radius 2 is 0.926 bits per heavy atom. The Balaban J connectivity index is 1.84. The van der Waals surface area contributed by atoms with Gasteiger partial charge in [0.2, 0.25) is 47.3 Å². The number of aliphatic imine (C=N–C) groups is 4. The third-order valence-corrected chi connectivity index (χ3v) is 14.9. The van der Waals surface area contributed by atoms with Gasteiger partial charge in [0.1, 0.15) is 36.8 Å². The molecule has 4 rings (SSSR count). The summed E-state index contributed by atoms with van der Waals surface area (Å²) in [6, 6.07) is 12.9. The fourth-order valence-corrected chi connectivity index (χ4v) is 9.93. The SMILES string of the molecule is C[C@H](CC(=O)COCCOCCNC(=O)CC[C@@H]1NC(=O)[C@@H](CCCN=C(N)N)NC(=O)[C@H](CCCN=C(N)N)NC(=O)[C@@H](CCCN=C(N)N)NC(=O)[C@H](CCCN=C(N)N)CC(=O)[C@H](Cc2ccc3ccccc3c2)NC(=O)[C@@H](Cc2ccccc2)NC1=O)C(N)=O. The van der Waals surface area contributed by atoms with Gasteiger partial charge >= 0.3 is 0 Å². The summed E-state index contributed by atoms with van der Waals surface area (Å²) in [6.07, 6.45) is -1.48. The molecule has 25 N–H and O–H groups in total. The van der Waals surface area contributed by atoms with Crippen LogP contribution < -0.4 is 88.8 Å². The van der Waals surface area contributed by atoms with Gasteiger partial charge in [-0.05, 0) is 86.1 Å². The normalized spacial score (nSPS) is 19.6. The molecule has 3 aromatic carbocycles. The van der Waals surface area contributed by atoms with E-state index in [4.69, 9.17) is 61.1 Å². The number of nitrogens with zero attached hydrogens (tertiary/aromatic N) is 4. The fourth-order valence-electron chi connectivity index (χ4n) is 9.93. The van der Waals surface area contributed by atoms with E-state index in [-0.39, 0.29) is 172 Å². The first-order valence-electron chi connectivity index (χ1n) is 31.2. The van der Waals surface area contributed by atoms with Gasteiger partial charge in [-0.1, -0.05) is 79.7 Å². The van der Waals surface area contributed by atoms with Crippen molar-refractivity contribution in [2.45, 2.75) is 133 Å². The van der Waals surface area contributed by atoms with E-state index < -0.39 is 108 Å². The molecule has 0 aromatic heterocycles. The van der Waals surface area contributed by atoms with Crippen molar-refractivity contribution in [2.24, 2.45) is 83.4 Å². The molecule has 3 aromatic rings. The highest BCUT2D eigenvalue weighted by molar-refractivity contribution is 5.99. The predicted octanol–water partition coefficient (Wildman–Crippen LogP) is -3.65. The van der Waals surface area contributed by atoms with E-state index in [1.807, 2.05) is 36.4 Å². The summed E-state index contributed by atoms with van der Waals surface area (Å²) in [7, 11) is 0. The molecule has 1 fully saturated rings. The average molecular weight is 1310 g/mol. The molecule has 8 amide bonds. The van der Waals surface area contributed by atoms with Crippen molar-refractivity contribution in [3.8, 4) is 0 Å². The van der Waals surface area contributed by atoms with Crippen LogP contribution in [0.4, 0.5) is 0 Å². The van der Waals surface area contributed by atoms with Crippen LogP contribution in [0.1, 0.15) is 95.1 Å². The smallest absolute Gasteiger partial charge is 0.243 e. The number of nitrogens with two attached hydrogens (primary N) is 9. The zero-order chi connectivity index (χ0) is 69.0. The van der Waals surface area contributed by atoms with E-state index in [1.54, 1.807) is 36.4 Å². The predicted molar refractivity (Wildman–Crippen MR) is 354 cm³/mol. The van der Waals surface area contributed by atoms with E-state index in [0.29, 0.717) is 11.1 Å². The minimum Gasteiger partial charge on any atom is -0.377 e. The Bertz CT molecular complexity index is 3130. The average Bonchev–Trinajstić information content (AvgIpc) is 1.11. The summed E-state index contributed by atoms with van der Waals surface area (Å²) < 4.78 is 10.9. The fraction of sp³-hybridized carbons (Fsp3) is 0.516. The number of carbonyl (C=O) groups excluding carboxylic acids is 10. The third-order valence-electron chi connectivity index (χ3n) is 14.9. The zero-order valence-electron chi connectivity index (χ0n) is 53.2. The molecule has 94 heavy (non-hydrogen) atoms. The second kappa shape index (κ2) is 41.5. The number of ketones is 2. The van der Waals surface area contributed by atoms with Crippen LogP contribution in [-0.2, 0) is 70.3 Å². The molecule has 514 valence electrons. The van der Waals surface area contributed by atoms with E-state index in [9.17, 15) is 33.6 Å². The monoisotopic (exact) mass is 1310 g/mol. The molecular formula is C62H94N20O12. The maximum absolute atomic E-state index is 15.2. The molecular weight excluding hydrogens is 1220 g/mol. The molecule has 0 unspecified atom stereocenters. The summed E-state index contributed by atoms with van der Waals surface area (Å²) in [5, 5.41) is 21.0. The van der Waals surface area contributed by atoms with E-state index in [0.717, 1.165) is 10.8 Å². The summed E-state index contributed by atoms with van der Waals surface area (Å²) in [6.45, 7) is 1.41. The number of primary amides is 1. The molecule has 32 nitrogen and oxygen atoms in total. The Labute approximate surface area is 545 Å². The summed E-state index contributed by atoms with van der Waals surface area (Å²) in [5.74, 6) is -10.1. The van der Waals surface area contributed by atoms with Crippen molar-refractivity contribution in [3.05, 3.63) is 83.9 Å². The van der Waals surface area contributed by atoms with Crippen LogP contribution in [0, 0.1) is 11.8 Å². The van der Waals surface area contributed by atoms with E-state index in [2.05, 4.69) is 57.2 Å². The van der Waals surface area contributed by atoms with Crippen molar-refractivity contribution in [1.82, 2.24) is 37.2 Å². The molecule has 0 bridgehead atoms. The van der Waals surface area contributed by atoms with Crippen LogP contribution in [0.15, 0.2) is 92.8 Å². The molecule has 1 heterocycles. The standard InChI is InChI=1S/C62H94N20O12/c1-37(52(63)86)31-43(83)36-94-30-29-93-28-27-72-51(85)22-21-47-57(91)82-49(33-38-11-3-2-4-12-38)58(92)81-48(34-39-19-20-40-13-5-6-14-41(40)32-39)50(84)35-42(15-7-23-73-59(64)65)53(87)77-44(16-8-24-74-60(66)67)54(88)78-45(17-9-25-75-61(68)69)55(89)79-46(56(90)80-47)18-10-26-76-62(70)71/h2-6,11-14,19-20,32,37,42,44-49H,7-10,15-18,21-31,33-36H2,1H3,(H2,63,86)(H,72,85)(H,77,87)(H,78,88)(H,79,89)(H,80,90)(H,81,92)(H,82,91)(H4,64,65,73)(H4,66,67,74)(H4,68,69,75)(H4,70,71,76)/t37-,42-,44-,45+,46-,47+,48+,49-/m1/s1. The maximum atomic E-state index is 15.2. The van der Waals surface area contributed by atoms with Crippen molar-refractivity contribution in [1.29, 1.82) is 0 Å². The summed E-state index contributed by atoms with van der Waals surface area (Å²) >= 11 is 0. The van der Waals surface area contributed by atoms with Gasteiger partial charge in [0.05, 0.1) is 25.9 Å². The maximum Gasteiger partial charge on any atom is 0.243 e. The van der Waals surface area contributed by atoms with Crippen LogP contribution >= 0.6 is 0 Å². The quantitative estimate of drug-likeness (QED) is 0.0156. The van der Waals surface area contributed by atoms with E-state index in [1.165, 1.54) is 6.92 Å². The first kappa shape index (κ1) is 76.5. The molecule has 0 spiro atoms. The van der Waals surface area contributed by atoms with Gasteiger partial charge in [0, 0.05) is 70.2 Å². The van der Waals surface area contributed by atoms with Gasteiger partial charge in [-0.3, -0.25) is 67.9 Å². The molecule has 0 aliphatic carbocycles. The molecule has 0 saturated carbocycles. The highest BCUT2D eigenvalue weighted by Crippen LogP contribution is 2.21. The van der Waals surface area contributed by atoms with Gasteiger partial charge < -0.3 is 98.3 Å². The Hall–Kier alpha value is -9.98. The first-order chi connectivity index (χ1) is 44.9. The highest BCUT2D eigenvalue weighted by atomic mass is 16.5. The first-order valence-corrected chi connectivity index (χ1v) is 31.2. The lowest BCUT2D eigenvalue weighted by Crippen LogP contribution is -2.59. The number of hydrogen-bond acceptors (Lipinski definition) is 16. The van der Waals surface area contributed by atoms with E-state index >= 15 is 14.4 Å². The Kier molecular flexibility index (Phi) is 33.8. The Morgan fingerprint density at radius 3 is 1.45 bits per heavy atom. The van der Waals surface area contributed by atoms with Crippen LogP contribution in [0.3, 0.4) is 0 Å². The number of Topliss-reactive ketones (excluding diaryl/α,β-unsaturated/α-hetero) is 2. The summed E-state index contributed by atoms with van der Waals surface area (Å²) in [4.78, 5) is 158. The number of carbonyl (C=O) groups is 10. The van der Waals surface area contributed by atoms with Crippen molar-refractivity contribution in [2.75, 3.05) is 59.2 Å². The number of hydrogen-bond donors (Lipinski definition) is 16. The van der Waals surface area contributed by atoms with Crippen molar-refractivity contribution >= 4 is 93.4 Å². The molecule has 1 aliphatic rings. The molecule has 32 heteroatoms. The van der Waals surface area contributed by atoms with Gasteiger partial charge in [-0.2, -0.15) is 0 Å². The van der Waals surface area contributed by atoms with Gasteiger partial charge in [-0.25, -0.2) is 0 Å². The molecule has 8 atom stereocenters. The van der Waals surface area contributed by atoms with Crippen LogP contribution in [0.2, 0.25) is 0 Å². The van der Waals surface area contributed by atoms with Crippen LogP contribution in [-0.4, -0.2) is 178 Å². The van der Waals surface area contributed by atoms with Gasteiger partial charge in [0.25, 0.3) is 0 Å². The van der Waals surface area contributed by atoms with Gasteiger partial charge in [-0.15, -0.1) is 0 Å². The van der Waals surface area contributed by atoms with Crippen LogP contribution in [0.5, 0.6) is 0 Å². The molecule has 1 aliphatic heterocycles. The number of ether oxygens (including phenoxy) is 2. The number of rotatable bonds is 34. The van der Waals surface area contributed by atoms with Crippen LogP contribution in [0.25, 0.3) is 10.8 Å². The lowest BCUT2D eigenvalue weighted by atomic mass is 9.90. The summed E-state index contributed by atoms with van der Waals surface area (Å²) in [5.41, 5.74) is 51.4. The lowest BCUT2D eigenvalue weighted by Gasteiger charge is -2.27. The topological polar surface area (TPSA) is 557 Å². The molecule has 0 radical (unpaired) electrons. The second-order valence-corrected chi connectivity index (χ2v) is 22.7.